The third-order valence-corrected chi connectivity index (χ3v) is 2.33. The highest BCUT2D eigenvalue weighted by Gasteiger charge is 2.29. The minimum Gasteiger partial charge on any atom is -0.346 e. The lowest BCUT2D eigenvalue weighted by Gasteiger charge is -2.34. The second kappa shape index (κ2) is 3.69. The summed E-state index contributed by atoms with van der Waals surface area (Å²) in [5.41, 5.74) is 1.41. The Labute approximate surface area is 88.8 Å². The van der Waals surface area contributed by atoms with E-state index in [1.807, 2.05) is 12.1 Å². The summed E-state index contributed by atoms with van der Waals surface area (Å²) < 4.78 is 11.1. The number of nitriles is 1. The number of nitrogens with zero attached hydrogens (tertiary/aromatic N) is 1. The average molecular weight is 206 g/mol. The Balaban J connectivity index is 2.05. The SMILES string of the molecule is CC1(C)COC(c2ccc(C#N)[nH]2)OC1. The van der Waals surface area contributed by atoms with Crippen molar-refractivity contribution >= 4 is 0 Å². The molecule has 1 aliphatic heterocycles. The molecule has 1 aromatic heterocycles. The Morgan fingerprint density at radius 3 is 2.60 bits per heavy atom. The van der Waals surface area contributed by atoms with Crippen LogP contribution < -0.4 is 0 Å². The zero-order valence-corrected chi connectivity index (χ0v) is 8.91. The van der Waals surface area contributed by atoms with Gasteiger partial charge < -0.3 is 14.5 Å². The van der Waals surface area contributed by atoms with E-state index in [4.69, 9.17) is 14.7 Å². The van der Waals surface area contributed by atoms with Gasteiger partial charge in [0.05, 0.1) is 18.9 Å². The number of aromatic nitrogens is 1. The van der Waals surface area contributed by atoms with Crippen molar-refractivity contribution in [3.8, 4) is 6.07 Å². The second-order valence-electron chi connectivity index (χ2n) is 4.56. The summed E-state index contributed by atoms with van der Waals surface area (Å²) in [7, 11) is 0. The zero-order valence-electron chi connectivity index (χ0n) is 8.91. The van der Waals surface area contributed by atoms with Gasteiger partial charge in [-0.25, -0.2) is 0 Å². The van der Waals surface area contributed by atoms with E-state index < -0.39 is 0 Å². The summed E-state index contributed by atoms with van der Waals surface area (Å²) >= 11 is 0. The molecule has 0 aliphatic carbocycles. The Kier molecular flexibility index (Phi) is 2.51. The molecule has 0 radical (unpaired) electrons. The number of hydrogen-bond donors (Lipinski definition) is 1. The Hall–Kier alpha value is -1.31. The van der Waals surface area contributed by atoms with Crippen molar-refractivity contribution in [1.82, 2.24) is 4.98 Å². The first-order valence-corrected chi connectivity index (χ1v) is 4.93. The van der Waals surface area contributed by atoms with Crippen LogP contribution in [0.3, 0.4) is 0 Å². The zero-order chi connectivity index (χ0) is 10.9. The molecule has 0 amide bonds. The topological polar surface area (TPSA) is 58.0 Å². The van der Waals surface area contributed by atoms with Gasteiger partial charge in [0.2, 0.25) is 0 Å². The summed E-state index contributed by atoms with van der Waals surface area (Å²) in [6, 6.07) is 5.58. The van der Waals surface area contributed by atoms with Crippen LogP contribution in [0.4, 0.5) is 0 Å². The van der Waals surface area contributed by atoms with Gasteiger partial charge in [-0.3, -0.25) is 0 Å². The van der Waals surface area contributed by atoms with Crippen LogP contribution in [-0.2, 0) is 9.47 Å². The molecule has 1 N–H and O–H groups in total. The molecule has 0 saturated carbocycles. The molecule has 1 fully saturated rings. The molecular formula is C11H14N2O2. The predicted octanol–water partition coefficient (Wildman–Crippen LogP) is 1.96. The van der Waals surface area contributed by atoms with Gasteiger partial charge in [-0.15, -0.1) is 0 Å². The Bertz CT molecular complexity index is 380. The maximum atomic E-state index is 8.67. The van der Waals surface area contributed by atoms with Crippen LogP contribution in [0.5, 0.6) is 0 Å². The highest BCUT2D eigenvalue weighted by atomic mass is 16.7. The van der Waals surface area contributed by atoms with Crippen LogP contribution >= 0.6 is 0 Å². The number of rotatable bonds is 1. The summed E-state index contributed by atoms with van der Waals surface area (Å²) in [5, 5.41) is 8.67. The molecule has 15 heavy (non-hydrogen) atoms. The quantitative estimate of drug-likeness (QED) is 0.764. The van der Waals surface area contributed by atoms with Gasteiger partial charge in [-0.05, 0) is 12.1 Å². The average Bonchev–Trinajstić information content (AvgIpc) is 2.66. The van der Waals surface area contributed by atoms with E-state index in [0.29, 0.717) is 18.9 Å². The second-order valence-corrected chi connectivity index (χ2v) is 4.56. The van der Waals surface area contributed by atoms with Crippen molar-refractivity contribution in [2.24, 2.45) is 5.41 Å². The third-order valence-electron chi connectivity index (χ3n) is 2.33. The highest BCUT2D eigenvalue weighted by molar-refractivity contribution is 5.24. The van der Waals surface area contributed by atoms with Gasteiger partial charge in [-0.2, -0.15) is 5.26 Å². The molecule has 0 aromatic carbocycles. The summed E-state index contributed by atoms with van der Waals surface area (Å²) in [5.74, 6) is 0. The number of aromatic amines is 1. The van der Waals surface area contributed by atoms with Crippen molar-refractivity contribution in [2.75, 3.05) is 13.2 Å². The highest BCUT2D eigenvalue weighted by Crippen LogP contribution is 2.30. The van der Waals surface area contributed by atoms with Crippen molar-refractivity contribution < 1.29 is 9.47 Å². The molecule has 4 heteroatoms. The van der Waals surface area contributed by atoms with E-state index in [0.717, 1.165) is 5.69 Å². The molecule has 0 atom stereocenters. The van der Waals surface area contributed by atoms with Crippen LogP contribution in [-0.4, -0.2) is 18.2 Å². The van der Waals surface area contributed by atoms with Crippen molar-refractivity contribution in [3.63, 3.8) is 0 Å². The maximum Gasteiger partial charge on any atom is 0.198 e. The number of ether oxygens (including phenoxy) is 2. The lowest BCUT2D eigenvalue weighted by molar-refractivity contribution is -0.227. The van der Waals surface area contributed by atoms with E-state index in [-0.39, 0.29) is 11.7 Å². The summed E-state index contributed by atoms with van der Waals surface area (Å²) in [6.45, 7) is 5.52. The first kappa shape index (κ1) is 10.2. The minimum atomic E-state index is -0.361. The van der Waals surface area contributed by atoms with E-state index in [1.165, 1.54) is 0 Å². The standard InChI is InChI=1S/C11H14N2O2/c1-11(2)6-14-10(15-7-11)9-4-3-8(5-12)13-9/h3-4,10,13H,6-7H2,1-2H3. The molecule has 1 saturated heterocycles. The fraction of sp³-hybridized carbons (Fsp3) is 0.545. The molecule has 1 aliphatic rings. The van der Waals surface area contributed by atoms with Crippen molar-refractivity contribution in [1.29, 1.82) is 5.26 Å². The molecule has 4 nitrogen and oxygen atoms in total. The third kappa shape index (κ3) is 2.20. The molecule has 2 heterocycles. The fourth-order valence-corrected chi connectivity index (χ4v) is 1.49. The van der Waals surface area contributed by atoms with Crippen LogP contribution in [0, 0.1) is 16.7 Å². The van der Waals surface area contributed by atoms with Crippen LogP contribution in [0.15, 0.2) is 12.1 Å². The first-order chi connectivity index (χ1) is 7.11. The number of nitrogens with one attached hydrogen (secondary N) is 1. The monoisotopic (exact) mass is 206 g/mol. The smallest absolute Gasteiger partial charge is 0.198 e. The van der Waals surface area contributed by atoms with Gasteiger partial charge in [0.25, 0.3) is 0 Å². The Morgan fingerprint density at radius 2 is 2.07 bits per heavy atom. The lowest BCUT2D eigenvalue weighted by Crippen LogP contribution is -2.33. The predicted molar refractivity (Wildman–Crippen MR) is 53.9 cm³/mol. The van der Waals surface area contributed by atoms with Crippen molar-refractivity contribution in [3.05, 3.63) is 23.5 Å². The summed E-state index contributed by atoms with van der Waals surface area (Å²) in [6.07, 6.45) is -0.361. The largest absolute Gasteiger partial charge is 0.346 e. The summed E-state index contributed by atoms with van der Waals surface area (Å²) in [4.78, 5) is 2.95. The minimum absolute atomic E-state index is 0.0706. The van der Waals surface area contributed by atoms with E-state index >= 15 is 0 Å². The van der Waals surface area contributed by atoms with Gasteiger partial charge in [0.15, 0.2) is 6.29 Å². The Morgan fingerprint density at radius 1 is 1.40 bits per heavy atom. The van der Waals surface area contributed by atoms with Crippen LogP contribution in [0.2, 0.25) is 0 Å². The normalized spacial score (nSPS) is 21.1. The molecular weight excluding hydrogens is 192 g/mol. The molecule has 1 aromatic rings. The maximum absolute atomic E-state index is 8.67. The van der Waals surface area contributed by atoms with E-state index in [1.54, 1.807) is 6.07 Å². The lowest BCUT2D eigenvalue weighted by atomic mass is 9.95. The van der Waals surface area contributed by atoms with Gasteiger partial charge >= 0.3 is 0 Å². The number of H-pyrrole nitrogens is 1. The molecule has 2 rings (SSSR count). The molecule has 0 spiro atoms. The van der Waals surface area contributed by atoms with Gasteiger partial charge in [0, 0.05) is 5.41 Å². The van der Waals surface area contributed by atoms with E-state index in [2.05, 4.69) is 18.8 Å². The van der Waals surface area contributed by atoms with Gasteiger partial charge in [-0.1, -0.05) is 13.8 Å². The molecule has 0 bridgehead atoms. The van der Waals surface area contributed by atoms with Crippen LogP contribution in [0.1, 0.15) is 31.5 Å². The number of hydrogen-bond acceptors (Lipinski definition) is 3. The van der Waals surface area contributed by atoms with Crippen LogP contribution in [0.25, 0.3) is 0 Å². The first-order valence-electron chi connectivity index (χ1n) is 4.93. The van der Waals surface area contributed by atoms with Crippen molar-refractivity contribution in [2.45, 2.75) is 20.1 Å². The fourth-order valence-electron chi connectivity index (χ4n) is 1.49. The molecule has 0 unspecified atom stereocenters. The van der Waals surface area contributed by atoms with E-state index in [9.17, 15) is 0 Å². The molecule has 80 valence electrons. The van der Waals surface area contributed by atoms with Gasteiger partial charge in [0.1, 0.15) is 11.8 Å².